The Bertz CT molecular complexity index is 537. The topological polar surface area (TPSA) is 94.9 Å². The zero-order valence-corrected chi connectivity index (χ0v) is 14.2. The van der Waals surface area contributed by atoms with Crippen LogP contribution in [0.2, 0.25) is 0 Å². The molecule has 0 fully saturated rings. The summed E-state index contributed by atoms with van der Waals surface area (Å²) in [6.45, 7) is 5.89. The lowest BCUT2D eigenvalue weighted by molar-refractivity contribution is -0.156. The van der Waals surface area contributed by atoms with Crippen molar-refractivity contribution in [3.63, 3.8) is 0 Å². The molecule has 1 aromatic rings. The van der Waals surface area contributed by atoms with E-state index in [1.165, 1.54) is 0 Å². The summed E-state index contributed by atoms with van der Waals surface area (Å²) < 4.78 is 20.3. The predicted molar refractivity (Wildman–Crippen MR) is 87.3 cm³/mol. The molecule has 0 unspecified atom stereocenters. The van der Waals surface area contributed by atoms with Crippen LogP contribution in [-0.2, 0) is 23.8 Å². The van der Waals surface area contributed by atoms with Crippen LogP contribution in [0.1, 0.15) is 32.3 Å². The first-order valence-electron chi connectivity index (χ1n) is 7.79. The molecule has 1 rings (SSSR count). The second-order valence-electron chi connectivity index (χ2n) is 4.65. The quantitative estimate of drug-likeness (QED) is 0.321. The van der Waals surface area contributed by atoms with Gasteiger partial charge >= 0.3 is 11.9 Å². The first-order valence-corrected chi connectivity index (χ1v) is 7.79. The third kappa shape index (κ3) is 5.91. The number of benzene rings is 1. The molecule has 0 saturated heterocycles. The normalized spacial score (nSPS) is 10.2. The van der Waals surface area contributed by atoms with Crippen LogP contribution in [0.4, 0.5) is 0 Å². The summed E-state index contributed by atoms with van der Waals surface area (Å²) >= 11 is 0. The molecule has 24 heavy (non-hydrogen) atoms. The van der Waals surface area contributed by atoms with Crippen LogP contribution >= 0.6 is 0 Å². The average Bonchev–Trinajstić information content (AvgIpc) is 2.55. The third-order valence-corrected chi connectivity index (χ3v) is 2.95. The van der Waals surface area contributed by atoms with Crippen molar-refractivity contribution >= 4 is 17.8 Å². The van der Waals surface area contributed by atoms with Crippen LogP contribution < -0.4 is 4.74 Å². The Morgan fingerprint density at radius 2 is 1.42 bits per heavy atom. The van der Waals surface area contributed by atoms with Gasteiger partial charge in [-0.2, -0.15) is 0 Å². The van der Waals surface area contributed by atoms with Crippen LogP contribution in [0, 0.1) is 5.41 Å². The predicted octanol–water partition coefficient (Wildman–Crippen LogP) is 2.29. The van der Waals surface area contributed by atoms with Gasteiger partial charge in [0.05, 0.1) is 19.8 Å². The molecule has 0 heterocycles. The van der Waals surface area contributed by atoms with E-state index in [4.69, 9.17) is 24.4 Å². The summed E-state index contributed by atoms with van der Waals surface area (Å²) in [4.78, 5) is 24.1. The lowest BCUT2D eigenvalue weighted by Gasteiger charge is -2.15. The second kappa shape index (κ2) is 10.3. The number of carbonyl (C=O) groups excluding carboxylic acids is 2. The van der Waals surface area contributed by atoms with E-state index in [9.17, 15) is 9.59 Å². The highest BCUT2D eigenvalue weighted by molar-refractivity contribution is 6.00. The van der Waals surface area contributed by atoms with Crippen molar-refractivity contribution in [3.8, 4) is 5.75 Å². The minimum Gasteiger partial charge on any atom is -0.484 e. The first-order chi connectivity index (χ1) is 11.5. The van der Waals surface area contributed by atoms with Gasteiger partial charge in [-0.15, -0.1) is 0 Å². The van der Waals surface area contributed by atoms with Crippen molar-refractivity contribution in [1.29, 1.82) is 5.41 Å². The first kappa shape index (κ1) is 19.5. The molecule has 132 valence electrons. The number of ether oxygens (including phenoxy) is 4. The summed E-state index contributed by atoms with van der Waals surface area (Å²) in [5.74, 6) is -1.90. The Kier molecular flexibility index (Phi) is 8.32. The van der Waals surface area contributed by atoms with Crippen molar-refractivity contribution in [1.82, 2.24) is 0 Å². The second-order valence-corrected chi connectivity index (χ2v) is 4.65. The minimum absolute atomic E-state index is 0.00632. The summed E-state index contributed by atoms with van der Waals surface area (Å²) in [6.07, 6.45) is 0. The molecular formula is C17H23NO6. The molecule has 0 aromatic heterocycles. The van der Waals surface area contributed by atoms with E-state index < -0.39 is 17.9 Å². The van der Waals surface area contributed by atoms with E-state index >= 15 is 0 Å². The van der Waals surface area contributed by atoms with Gasteiger partial charge in [0, 0.05) is 0 Å². The number of hydrogen-bond donors (Lipinski definition) is 1. The zero-order chi connectivity index (χ0) is 17.9. The fourth-order valence-electron chi connectivity index (χ4n) is 1.94. The van der Waals surface area contributed by atoms with Crippen molar-refractivity contribution in [2.75, 3.05) is 26.4 Å². The molecule has 0 amide bonds. The van der Waals surface area contributed by atoms with Gasteiger partial charge in [0.15, 0.2) is 12.5 Å². The smallest absolute Gasteiger partial charge is 0.324 e. The highest BCUT2D eigenvalue weighted by Crippen LogP contribution is 2.22. The molecule has 0 atom stereocenters. The Hall–Kier alpha value is -2.57. The van der Waals surface area contributed by atoms with Crippen LogP contribution in [0.5, 0.6) is 5.75 Å². The maximum absolute atomic E-state index is 12.0. The van der Waals surface area contributed by atoms with Gasteiger partial charge in [-0.25, -0.2) is 0 Å². The number of nitrogens with one attached hydrogen (secondary N) is 1. The van der Waals surface area contributed by atoms with Crippen LogP contribution in [-0.4, -0.2) is 44.3 Å². The number of carbonyl (C=O) groups is 2. The van der Waals surface area contributed by atoms with E-state index in [2.05, 4.69) is 0 Å². The minimum atomic E-state index is -1.12. The number of rotatable bonds is 9. The SMILES string of the molecule is CCOC(=N)COc1ccc(C(C(=O)OCC)C(=O)OCC)cc1. The van der Waals surface area contributed by atoms with Crippen molar-refractivity contribution < 1.29 is 28.5 Å². The van der Waals surface area contributed by atoms with Crippen molar-refractivity contribution in [3.05, 3.63) is 29.8 Å². The molecule has 7 heteroatoms. The van der Waals surface area contributed by atoms with E-state index in [0.29, 0.717) is 17.9 Å². The van der Waals surface area contributed by atoms with Crippen molar-refractivity contribution in [2.24, 2.45) is 0 Å². The van der Waals surface area contributed by atoms with E-state index in [0.717, 1.165) is 0 Å². The summed E-state index contributed by atoms with van der Waals surface area (Å²) in [6, 6.07) is 6.41. The van der Waals surface area contributed by atoms with E-state index in [-0.39, 0.29) is 25.7 Å². The molecule has 0 spiro atoms. The van der Waals surface area contributed by atoms with E-state index in [1.807, 2.05) is 0 Å². The molecule has 7 nitrogen and oxygen atoms in total. The van der Waals surface area contributed by atoms with Crippen LogP contribution in [0.25, 0.3) is 0 Å². The molecule has 0 aliphatic rings. The lowest BCUT2D eigenvalue weighted by atomic mass is 9.99. The maximum Gasteiger partial charge on any atom is 0.324 e. The van der Waals surface area contributed by atoms with Crippen LogP contribution in [0.3, 0.4) is 0 Å². The van der Waals surface area contributed by atoms with E-state index in [1.54, 1.807) is 45.0 Å². The van der Waals surface area contributed by atoms with Crippen LogP contribution in [0.15, 0.2) is 24.3 Å². The molecular weight excluding hydrogens is 314 g/mol. The monoisotopic (exact) mass is 337 g/mol. The third-order valence-electron chi connectivity index (χ3n) is 2.95. The standard InChI is InChI=1S/C17H23NO6/c1-4-21-14(18)11-24-13-9-7-12(8-10-13)15(16(19)22-5-2)17(20)23-6-3/h7-10,15,18H,4-6,11H2,1-3H3. The largest absolute Gasteiger partial charge is 0.484 e. The molecule has 0 saturated carbocycles. The lowest BCUT2D eigenvalue weighted by Crippen LogP contribution is -2.26. The molecule has 1 aromatic carbocycles. The van der Waals surface area contributed by atoms with Gasteiger partial charge in [-0.1, -0.05) is 12.1 Å². The van der Waals surface area contributed by atoms with Gasteiger partial charge < -0.3 is 18.9 Å². The molecule has 0 bridgehead atoms. The summed E-state index contributed by atoms with van der Waals surface area (Å²) in [5.41, 5.74) is 0.458. The highest BCUT2D eigenvalue weighted by Gasteiger charge is 2.31. The Morgan fingerprint density at radius 1 is 0.917 bits per heavy atom. The average molecular weight is 337 g/mol. The molecule has 1 N–H and O–H groups in total. The number of esters is 2. The van der Waals surface area contributed by atoms with Crippen molar-refractivity contribution in [2.45, 2.75) is 26.7 Å². The number of hydrogen-bond acceptors (Lipinski definition) is 7. The Morgan fingerprint density at radius 3 is 1.88 bits per heavy atom. The van der Waals surface area contributed by atoms with Gasteiger partial charge in [0.2, 0.25) is 5.90 Å². The van der Waals surface area contributed by atoms with Gasteiger partial charge in [-0.05, 0) is 38.5 Å². The Balaban J connectivity index is 2.83. The molecule has 0 radical (unpaired) electrons. The summed E-state index contributed by atoms with van der Waals surface area (Å²) in [7, 11) is 0. The van der Waals surface area contributed by atoms with Gasteiger partial charge in [0.1, 0.15) is 5.75 Å². The summed E-state index contributed by atoms with van der Waals surface area (Å²) in [5, 5.41) is 7.48. The van der Waals surface area contributed by atoms with Gasteiger partial charge in [0.25, 0.3) is 0 Å². The Labute approximate surface area is 141 Å². The molecule has 0 aliphatic heterocycles. The molecule has 0 aliphatic carbocycles. The maximum atomic E-state index is 12.0. The highest BCUT2D eigenvalue weighted by atomic mass is 16.6. The van der Waals surface area contributed by atoms with Gasteiger partial charge in [-0.3, -0.25) is 15.0 Å². The fraction of sp³-hybridized carbons (Fsp3) is 0.471. The zero-order valence-electron chi connectivity index (χ0n) is 14.2. The fourth-order valence-corrected chi connectivity index (χ4v) is 1.94.